The lowest BCUT2D eigenvalue weighted by Gasteiger charge is -2.39. The van der Waals surface area contributed by atoms with Crippen molar-refractivity contribution in [2.24, 2.45) is 10.8 Å². The molecule has 2 aromatic rings. The van der Waals surface area contributed by atoms with Gasteiger partial charge in [0.1, 0.15) is 11.0 Å². The highest BCUT2D eigenvalue weighted by atomic mass is 35.5. The summed E-state index contributed by atoms with van der Waals surface area (Å²) in [6.45, 7) is 7.88. The number of benzene rings is 1. The molecule has 0 radical (unpaired) electrons. The van der Waals surface area contributed by atoms with Crippen LogP contribution in [-0.4, -0.2) is 47.5 Å². The number of anilines is 1. The van der Waals surface area contributed by atoms with Gasteiger partial charge in [0, 0.05) is 44.1 Å². The molecule has 2 atom stereocenters. The predicted molar refractivity (Wildman–Crippen MR) is 128 cm³/mol. The van der Waals surface area contributed by atoms with Gasteiger partial charge in [-0.1, -0.05) is 56.3 Å². The predicted octanol–water partition coefficient (Wildman–Crippen LogP) is 5.53. The number of hydrogen-bond acceptors (Lipinski definition) is 5. The van der Waals surface area contributed by atoms with E-state index in [2.05, 4.69) is 35.6 Å². The second-order valence-corrected chi connectivity index (χ2v) is 11.7. The van der Waals surface area contributed by atoms with E-state index in [-0.39, 0.29) is 11.3 Å². The molecular weight excluding hydrogens is 428 g/mol. The largest absolute Gasteiger partial charge is 0.363 e. The SMILES string of the molecule is CN(C)c1cc(Cl)nc(SCc2cccc(C(=O)N3CC4(C)CC3CC(C)(C)C4)c2)n1. The Hall–Kier alpha value is -1.79. The molecule has 31 heavy (non-hydrogen) atoms. The highest BCUT2D eigenvalue weighted by Crippen LogP contribution is 2.52. The van der Waals surface area contributed by atoms with Crippen LogP contribution >= 0.6 is 23.4 Å². The molecule has 2 aliphatic rings. The van der Waals surface area contributed by atoms with Crippen LogP contribution in [0.2, 0.25) is 5.15 Å². The fraction of sp³-hybridized carbons (Fsp3) is 0.542. The van der Waals surface area contributed by atoms with Crippen molar-refractivity contribution in [1.29, 1.82) is 0 Å². The number of carbonyl (C=O) groups is 1. The van der Waals surface area contributed by atoms with Gasteiger partial charge in [0.15, 0.2) is 5.16 Å². The van der Waals surface area contributed by atoms with Crippen LogP contribution < -0.4 is 4.90 Å². The van der Waals surface area contributed by atoms with E-state index in [9.17, 15) is 4.79 Å². The third-order valence-electron chi connectivity index (χ3n) is 6.34. The van der Waals surface area contributed by atoms with E-state index >= 15 is 0 Å². The number of hydrogen-bond donors (Lipinski definition) is 0. The molecule has 1 saturated heterocycles. The van der Waals surface area contributed by atoms with Crippen molar-refractivity contribution >= 4 is 35.1 Å². The number of carbonyl (C=O) groups excluding carboxylic acids is 1. The number of aromatic nitrogens is 2. The van der Waals surface area contributed by atoms with E-state index in [0.29, 0.717) is 27.5 Å². The van der Waals surface area contributed by atoms with Gasteiger partial charge in [0.05, 0.1) is 0 Å². The number of fused-ring (bicyclic) bond motifs is 2. The Kier molecular flexibility index (Phi) is 5.99. The van der Waals surface area contributed by atoms with Crippen LogP contribution in [0.15, 0.2) is 35.5 Å². The molecule has 2 fully saturated rings. The van der Waals surface area contributed by atoms with Crippen molar-refractivity contribution in [1.82, 2.24) is 14.9 Å². The van der Waals surface area contributed by atoms with Crippen LogP contribution in [-0.2, 0) is 5.75 Å². The summed E-state index contributed by atoms with van der Waals surface area (Å²) in [5.41, 5.74) is 2.39. The smallest absolute Gasteiger partial charge is 0.254 e. The minimum Gasteiger partial charge on any atom is -0.363 e. The molecule has 1 aromatic carbocycles. The number of nitrogens with zero attached hydrogens (tertiary/aromatic N) is 4. The molecule has 5 nitrogen and oxygen atoms in total. The molecule has 166 valence electrons. The van der Waals surface area contributed by atoms with Crippen molar-refractivity contribution in [2.45, 2.75) is 57.0 Å². The summed E-state index contributed by atoms with van der Waals surface area (Å²) in [6, 6.07) is 10.1. The van der Waals surface area contributed by atoms with Crippen LogP contribution in [0.1, 0.15) is 56.0 Å². The third kappa shape index (κ3) is 5.01. The average molecular weight is 459 g/mol. The van der Waals surface area contributed by atoms with E-state index in [0.717, 1.165) is 36.3 Å². The van der Waals surface area contributed by atoms with Gasteiger partial charge in [0.25, 0.3) is 5.91 Å². The number of thioether (sulfide) groups is 1. The minimum absolute atomic E-state index is 0.159. The second kappa shape index (κ2) is 8.28. The fourth-order valence-corrected chi connectivity index (χ4v) is 6.51. The summed E-state index contributed by atoms with van der Waals surface area (Å²) in [6.07, 6.45) is 3.40. The minimum atomic E-state index is 0.159. The van der Waals surface area contributed by atoms with Gasteiger partial charge in [-0.25, -0.2) is 9.97 Å². The van der Waals surface area contributed by atoms with E-state index in [1.165, 1.54) is 18.2 Å². The van der Waals surface area contributed by atoms with Crippen LogP contribution in [0, 0.1) is 10.8 Å². The van der Waals surface area contributed by atoms with Gasteiger partial charge in [-0.2, -0.15) is 0 Å². The second-order valence-electron chi connectivity index (χ2n) is 10.4. The van der Waals surface area contributed by atoms with Crippen LogP contribution in [0.3, 0.4) is 0 Å². The quantitative estimate of drug-likeness (QED) is 0.335. The lowest BCUT2D eigenvalue weighted by molar-refractivity contribution is 0.0708. The van der Waals surface area contributed by atoms with Gasteiger partial charge in [-0.15, -0.1) is 0 Å². The Balaban J connectivity index is 1.47. The topological polar surface area (TPSA) is 49.3 Å². The fourth-order valence-electron chi connectivity index (χ4n) is 5.48. The number of amides is 1. The molecule has 1 amide bonds. The summed E-state index contributed by atoms with van der Waals surface area (Å²) >= 11 is 7.68. The maximum absolute atomic E-state index is 13.4. The Labute approximate surface area is 194 Å². The molecule has 4 rings (SSSR count). The maximum Gasteiger partial charge on any atom is 0.254 e. The van der Waals surface area contributed by atoms with E-state index in [4.69, 9.17) is 11.6 Å². The monoisotopic (exact) mass is 458 g/mol. The molecule has 1 aliphatic heterocycles. The third-order valence-corrected chi connectivity index (χ3v) is 7.45. The Morgan fingerprint density at radius 2 is 2.00 bits per heavy atom. The van der Waals surface area contributed by atoms with E-state index in [1.54, 1.807) is 6.07 Å². The molecule has 2 unspecified atom stereocenters. The number of halogens is 1. The van der Waals surface area contributed by atoms with Gasteiger partial charge in [0.2, 0.25) is 0 Å². The highest BCUT2D eigenvalue weighted by molar-refractivity contribution is 7.98. The molecule has 1 aliphatic carbocycles. The van der Waals surface area contributed by atoms with Crippen molar-refractivity contribution in [3.05, 3.63) is 46.6 Å². The molecule has 0 N–H and O–H groups in total. The van der Waals surface area contributed by atoms with Gasteiger partial charge in [-0.05, 0) is 47.8 Å². The Morgan fingerprint density at radius 3 is 2.74 bits per heavy atom. The highest BCUT2D eigenvalue weighted by Gasteiger charge is 2.51. The summed E-state index contributed by atoms with van der Waals surface area (Å²) in [5, 5.41) is 1.07. The Bertz CT molecular complexity index is 995. The zero-order chi connectivity index (χ0) is 22.4. The van der Waals surface area contributed by atoms with Gasteiger partial charge < -0.3 is 9.80 Å². The van der Waals surface area contributed by atoms with Crippen molar-refractivity contribution in [2.75, 3.05) is 25.5 Å². The first kappa shape index (κ1) is 22.4. The molecule has 7 heteroatoms. The summed E-state index contributed by atoms with van der Waals surface area (Å²) in [7, 11) is 3.86. The molecule has 1 aromatic heterocycles. The van der Waals surface area contributed by atoms with E-state index < -0.39 is 0 Å². The van der Waals surface area contributed by atoms with Crippen molar-refractivity contribution in [3.8, 4) is 0 Å². The molecule has 2 heterocycles. The first-order valence-electron chi connectivity index (χ1n) is 10.8. The molecular formula is C24H31ClN4OS. The standard InChI is InChI=1S/C24H31ClN4OS/c1-23(2)11-18-12-24(3,14-23)15-29(18)21(30)17-8-6-7-16(9-17)13-31-22-26-19(25)10-20(27-22)28(4)5/h6-10,18H,11-15H2,1-5H3. The lowest BCUT2D eigenvalue weighted by atomic mass is 9.65. The van der Waals surface area contributed by atoms with Crippen LogP contribution in [0.5, 0.6) is 0 Å². The Morgan fingerprint density at radius 1 is 1.23 bits per heavy atom. The molecule has 1 saturated carbocycles. The summed E-state index contributed by atoms with van der Waals surface area (Å²) in [4.78, 5) is 26.3. The summed E-state index contributed by atoms with van der Waals surface area (Å²) in [5.74, 6) is 1.62. The number of rotatable bonds is 5. The zero-order valence-electron chi connectivity index (χ0n) is 19.0. The van der Waals surface area contributed by atoms with Crippen LogP contribution in [0.4, 0.5) is 5.82 Å². The first-order valence-corrected chi connectivity index (χ1v) is 12.1. The number of likely N-dealkylation sites (tertiary alicyclic amines) is 1. The maximum atomic E-state index is 13.4. The van der Waals surface area contributed by atoms with Gasteiger partial charge in [-0.3, -0.25) is 4.79 Å². The van der Waals surface area contributed by atoms with Crippen molar-refractivity contribution < 1.29 is 4.79 Å². The first-order chi connectivity index (χ1) is 14.5. The average Bonchev–Trinajstić information content (AvgIpc) is 2.94. The summed E-state index contributed by atoms with van der Waals surface area (Å²) < 4.78 is 0. The van der Waals surface area contributed by atoms with Crippen molar-refractivity contribution in [3.63, 3.8) is 0 Å². The molecule has 0 spiro atoms. The zero-order valence-corrected chi connectivity index (χ0v) is 20.6. The van der Waals surface area contributed by atoms with Crippen LogP contribution in [0.25, 0.3) is 0 Å². The molecule has 2 bridgehead atoms. The van der Waals surface area contributed by atoms with E-state index in [1.807, 2.05) is 43.3 Å². The lowest BCUT2D eigenvalue weighted by Crippen LogP contribution is -2.37. The van der Waals surface area contributed by atoms with Gasteiger partial charge >= 0.3 is 0 Å². The normalized spacial score (nSPS) is 24.3.